The molecule has 6 nitrogen and oxygen atoms in total. The van der Waals surface area contributed by atoms with E-state index in [-0.39, 0.29) is 0 Å². The Bertz CT molecular complexity index is 866. The maximum absolute atomic E-state index is 6.11. The Hall–Kier alpha value is -2.60. The molecule has 0 atom stereocenters. The largest absolute Gasteiger partial charge is 0.382 e. The van der Waals surface area contributed by atoms with Crippen molar-refractivity contribution >= 4 is 22.7 Å². The summed E-state index contributed by atoms with van der Waals surface area (Å²) in [5, 5.41) is 6.79. The Balaban J connectivity index is 1.76. The molecule has 0 saturated carbocycles. The number of unbranched alkanes of at least 4 members (excludes halogenated alkanes) is 1. The summed E-state index contributed by atoms with van der Waals surface area (Å²) in [6.07, 6.45) is 4.09. The first-order chi connectivity index (χ1) is 13.1. The van der Waals surface area contributed by atoms with Crippen molar-refractivity contribution in [3.8, 4) is 0 Å². The maximum atomic E-state index is 6.11. The third-order valence-corrected chi connectivity index (χ3v) is 4.56. The van der Waals surface area contributed by atoms with E-state index in [0.29, 0.717) is 11.9 Å². The topological polar surface area (TPSA) is 80.8 Å². The smallest absolute Gasteiger partial charge is 0.154 e. The summed E-state index contributed by atoms with van der Waals surface area (Å²) in [5.41, 5.74) is 10.4. The van der Waals surface area contributed by atoms with Crippen LogP contribution in [0.15, 0.2) is 36.7 Å². The number of imidazole rings is 1. The molecule has 0 unspecified atom stereocenters. The zero-order chi connectivity index (χ0) is 19.2. The molecule has 3 rings (SSSR count). The van der Waals surface area contributed by atoms with Gasteiger partial charge in [-0.05, 0) is 17.5 Å². The minimum absolute atomic E-state index is 0.473. The number of hydrogen-bond donors (Lipinski definition) is 3. The van der Waals surface area contributed by atoms with Crippen LogP contribution in [0.1, 0.15) is 44.7 Å². The molecule has 0 fully saturated rings. The molecule has 2 aromatic heterocycles. The summed E-state index contributed by atoms with van der Waals surface area (Å²) in [6, 6.07) is 11.2. The average molecular weight is 367 g/mol. The van der Waals surface area contributed by atoms with E-state index in [1.807, 2.05) is 12.4 Å². The predicted octanol–water partition coefficient (Wildman–Crippen LogP) is 3.77. The van der Waals surface area contributed by atoms with Crippen LogP contribution in [0.25, 0.3) is 11.0 Å². The fourth-order valence-corrected chi connectivity index (χ4v) is 2.98. The molecule has 6 heteroatoms. The molecule has 3 aromatic rings. The van der Waals surface area contributed by atoms with Gasteiger partial charge in [0.25, 0.3) is 0 Å². The average Bonchev–Trinajstić information content (AvgIpc) is 3.05. The van der Waals surface area contributed by atoms with Crippen molar-refractivity contribution in [2.75, 3.05) is 17.6 Å². The van der Waals surface area contributed by atoms with Crippen LogP contribution < -0.4 is 16.4 Å². The number of benzene rings is 1. The SMILES string of the molecule is CCCCNc1cc2c(ncn2Cc2ccc(CNC(C)C)cc2)c(N)n1. The van der Waals surface area contributed by atoms with E-state index in [9.17, 15) is 0 Å². The van der Waals surface area contributed by atoms with Crippen LogP contribution in [-0.2, 0) is 13.1 Å². The number of rotatable bonds is 9. The molecule has 0 spiro atoms. The van der Waals surface area contributed by atoms with E-state index >= 15 is 0 Å². The molecule has 2 heterocycles. The van der Waals surface area contributed by atoms with Gasteiger partial charge < -0.3 is 20.9 Å². The monoisotopic (exact) mass is 366 g/mol. The molecule has 144 valence electrons. The quantitative estimate of drug-likeness (QED) is 0.502. The molecule has 0 saturated heterocycles. The second-order valence-corrected chi connectivity index (χ2v) is 7.27. The first kappa shape index (κ1) is 19.2. The van der Waals surface area contributed by atoms with Crippen LogP contribution in [0.3, 0.4) is 0 Å². The third kappa shape index (κ3) is 4.98. The van der Waals surface area contributed by atoms with Gasteiger partial charge >= 0.3 is 0 Å². The molecule has 4 N–H and O–H groups in total. The fourth-order valence-electron chi connectivity index (χ4n) is 2.98. The number of nitrogens with one attached hydrogen (secondary N) is 2. The fraction of sp³-hybridized carbons (Fsp3) is 0.429. The molecule has 0 aliphatic rings. The molecule has 27 heavy (non-hydrogen) atoms. The number of fused-ring (bicyclic) bond motifs is 1. The summed E-state index contributed by atoms with van der Waals surface area (Å²) in [5.74, 6) is 1.28. The lowest BCUT2D eigenvalue weighted by atomic mass is 10.1. The summed E-state index contributed by atoms with van der Waals surface area (Å²) in [7, 11) is 0. The van der Waals surface area contributed by atoms with Crippen molar-refractivity contribution in [3.63, 3.8) is 0 Å². The highest BCUT2D eigenvalue weighted by Gasteiger charge is 2.10. The molecule has 0 aliphatic carbocycles. The number of nitrogens with two attached hydrogens (primary N) is 1. The van der Waals surface area contributed by atoms with Gasteiger partial charge in [0.2, 0.25) is 0 Å². The normalized spacial score (nSPS) is 11.4. The molecule has 0 bridgehead atoms. The zero-order valence-electron chi connectivity index (χ0n) is 16.5. The van der Waals surface area contributed by atoms with Crippen LogP contribution in [0.5, 0.6) is 0 Å². The van der Waals surface area contributed by atoms with E-state index in [0.717, 1.165) is 49.3 Å². The van der Waals surface area contributed by atoms with Gasteiger partial charge in [0, 0.05) is 31.7 Å². The van der Waals surface area contributed by atoms with Crippen molar-refractivity contribution < 1.29 is 0 Å². The van der Waals surface area contributed by atoms with Gasteiger partial charge in [0.05, 0.1) is 11.8 Å². The zero-order valence-corrected chi connectivity index (χ0v) is 16.5. The Kier molecular flexibility index (Phi) is 6.29. The van der Waals surface area contributed by atoms with E-state index in [1.165, 1.54) is 11.1 Å². The lowest BCUT2D eigenvalue weighted by Gasteiger charge is -2.10. The minimum atomic E-state index is 0.473. The second kappa shape index (κ2) is 8.86. The van der Waals surface area contributed by atoms with Crippen LogP contribution in [-0.4, -0.2) is 27.1 Å². The first-order valence-corrected chi connectivity index (χ1v) is 9.73. The Morgan fingerprint density at radius 1 is 1.15 bits per heavy atom. The summed E-state index contributed by atoms with van der Waals surface area (Å²) >= 11 is 0. The highest BCUT2D eigenvalue weighted by Crippen LogP contribution is 2.22. The van der Waals surface area contributed by atoms with Gasteiger partial charge in [-0.15, -0.1) is 0 Å². The van der Waals surface area contributed by atoms with Gasteiger partial charge in [-0.2, -0.15) is 0 Å². The summed E-state index contributed by atoms with van der Waals surface area (Å²) < 4.78 is 2.12. The van der Waals surface area contributed by atoms with E-state index in [2.05, 4.69) is 70.2 Å². The van der Waals surface area contributed by atoms with Gasteiger partial charge in [-0.3, -0.25) is 0 Å². The molecular weight excluding hydrogens is 336 g/mol. The standard InChI is InChI=1S/C21H30N6/c1-4-5-10-23-19-11-18-20(21(22)26-19)25-14-27(18)13-17-8-6-16(7-9-17)12-24-15(2)3/h6-9,11,14-15,24H,4-5,10,12-13H2,1-3H3,(H3,22,23,26). The van der Waals surface area contributed by atoms with Gasteiger partial charge in [-0.1, -0.05) is 51.5 Å². The Morgan fingerprint density at radius 2 is 1.89 bits per heavy atom. The predicted molar refractivity (Wildman–Crippen MR) is 113 cm³/mol. The third-order valence-electron chi connectivity index (χ3n) is 4.56. The molecule has 0 radical (unpaired) electrons. The van der Waals surface area contributed by atoms with E-state index in [1.54, 1.807) is 0 Å². The molecule has 1 aromatic carbocycles. The van der Waals surface area contributed by atoms with Crippen LogP contribution in [0.2, 0.25) is 0 Å². The van der Waals surface area contributed by atoms with Crippen molar-refractivity contribution in [2.45, 2.75) is 52.7 Å². The van der Waals surface area contributed by atoms with E-state index in [4.69, 9.17) is 5.73 Å². The summed E-state index contributed by atoms with van der Waals surface area (Å²) in [4.78, 5) is 8.88. The number of hydrogen-bond acceptors (Lipinski definition) is 5. The van der Waals surface area contributed by atoms with E-state index < -0.39 is 0 Å². The van der Waals surface area contributed by atoms with Crippen molar-refractivity contribution in [1.82, 2.24) is 19.9 Å². The summed E-state index contributed by atoms with van der Waals surface area (Å²) in [6.45, 7) is 9.03. The highest BCUT2D eigenvalue weighted by atomic mass is 15.1. The Labute approximate surface area is 161 Å². The van der Waals surface area contributed by atoms with Crippen LogP contribution in [0.4, 0.5) is 11.6 Å². The van der Waals surface area contributed by atoms with Gasteiger partial charge in [0.15, 0.2) is 5.82 Å². The second-order valence-electron chi connectivity index (χ2n) is 7.27. The number of anilines is 2. The number of nitrogen functional groups attached to an aromatic ring is 1. The minimum Gasteiger partial charge on any atom is -0.382 e. The van der Waals surface area contributed by atoms with Crippen LogP contribution >= 0.6 is 0 Å². The number of pyridine rings is 1. The number of aromatic nitrogens is 3. The lowest BCUT2D eigenvalue weighted by molar-refractivity contribution is 0.589. The highest BCUT2D eigenvalue weighted by molar-refractivity contribution is 5.87. The lowest BCUT2D eigenvalue weighted by Crippen LogP contribution is -2.21. The van der Waals surface area contributed by atoms with Crippen molar-refractivity contribution in [1.29, 1.82) is 0 Å². The molecule has 0 amide bonds. The van der Waals surface area contributed by atoms with Gasteiger partial charge in [0.1, 0.15) is 11.3 Å². The molecular formula is C21H30N6. The Morgan fingerprint density at radius 3 is 2.59 bits per heavy atom. The van der Waals surface area contributed by atoms with Gasteiger partial charge in [-0.25, -0.2) is 9.97 Å². The first-order valence-electron chi connectivity index (χ1n) is 9.73. The van der Waals surface area contributed by atoms with Crippen molar-refractivity contribution in [2.24, 2.45) is 0 Å². The number of nitrogens with zero attached hydrogens (tertiary/aromatic N) is 3. The molecule has 0 aliphatic heterocycles. The van der Waals surface area contributed by atoms with Crippen LogP contribution in [0, 0.1) is 0 Å². The maximum Gasteiger partial charge on any atom is 0.154 e. The van der Waals surface area contributed by atoms with Crippen molar-refractivity contribution in [3.05, 3.63) is 47.8 Å².